The van der Waals surface area contributed by atoms with Crippen LogP contribution in [0.3, 0.4) is 0 Å². The molecule has 318 valence electrons. The first-order chi connectivity index (χ1) is 27.6. The van der Waals surface area contributed by atoms with Gasteiger partial charge in [0, 0.05) is 28.0 Å². The molecule has 2 aliphatic carbocycles. The molecule has 10 heteroatoms. The van der Waals surface area contributed by atoms with Gasteiger partial charge in [0.2, 0.25) is 0 Å². The minimum atomic E-state index is -0.304. The van der Waals surface area contributed by atoms with Crippen LogP contribution in [0.5, 0.6) is 0 Å². The molecule has 1 unspecified atom stereocenters. The van der Waals surface area contributed by atoms with Gasteiger partial charge >= 0.3 is 52.4 Å². The Hall–Kier alpha value is -2.76. The smallest absolute Gasteiger partial charge is 1.00 e. The van der Waals surface area contributed by atoms with E-state index in [0.29, 0.717) is 0 Å². The first-order valence-corrected chi connectivity index (χ1v) is 25.0. The normalized spacial score (nSPS) is 14.1. The molecule has 2 aliphatic heterocycles. The van der Waals surface area contributed by atoms with Crippen LogP contribution in [0.1, 0.15) is 18.1 Å². The van der Waals surface area contributed by atoms with Crippen LogP contribution in [0, 0.1) is 13.8 Å². The summed E-state index contributed by atoms with van der Waals surface area (Å²) in [4.78, 5) is 0. The summed E-state index contributed by atoms with van der Waals surface area (Å²) in [5.74, 6) is 2.12. The standard InChI is InChI=1S/2C16H13.C11H14OSi.C10H12OSi.4ClH.2Zr/c2*1-12-10-14-8-5-9-15(16(14)11-12)13-6-3-2-4-7-13;1-8-4-9-6-10(7-13(2)3)12-11(9)5-8;1-12(2)7-8-5-9-3-4-11-10(9)6-8;;;;;;/h2*2-11H,1H3;4-7,10H,1-3H3;3,5-7H,4H2,1-2H3;4*1H;;/q2*-1;;;;;;;2*+4/p-4. The molecule has 6 aromatic carbocycles. The van der Waals surface area contributed by atoms with Crippen molar-refractivity contribution in [1.82, 2.24) is 0 Å². The summed E-state index contributed by atoms with van der Waals surface area (Å²) in [6.07, 6.45) is 13.2. The van der Waals surface area contributed by atoms with Crippen molar-refractivity contribution in [3.63, 3.8) is 0 Å². The number of allylic oxidation sites excluding steroid dienone is 6. The zero-order chi connectivity index (χ0) is 39.9. The van der Waals surface area contributed by atoms with E-state index in [1.54, 1.807) is 0 Å². The van der Waals surface area contributed by atoms with Gasteiger partial charge in [-0.1, -0.05) is 135 Å². The van der Waals surface area contributed by atoms with Crippen molar-refractivity contribution < 1.29 is 112 Å². The van der Waals surface area contributed by atoms with Crippen LogP contribution in [0.25, 0.3) is 43.8 Å². The van der Waals surface area contributed by atoms with E-state index >= 15 is 0 Å². The molecule has 0 aromatic heterocycles. The molecule has 1 atom stereocenters. The molecule has 0 amide bonds. The Morgan fingerprint density at radius 1 is 0.571 bits per heavy atom. The molecule has 6 aromatic rings. The Balaban J connectivity index is 0.000000410. The van der Waals surface area contributed by atoms with Crippen molar-refractivity contribution in [2.24, 2.45) is 0 Å². The Morgan fingerprint density at radius 3 is 1.56 bits per heavy atom. The number of halogens is 4. The number of ether oxygens (including phenoxy) is 2. The second-order valence-electron chi connectivity index (χ2n) is 15.6. The number of hydrogen-bond acceptors (Lipinski definition) is 2. The maximum absolute atomic E-state index is 5.75. The van der Waals surface area contributed by atoms with Gasteiger partial charge in [0.05, 0.1) is 0 Å². The Bertz CT molecular complexity index is 2560. The summed E-state index contributed by atoms with van der Waals surface area (Å²) in [5, 5.41) is 5.37. The predicted molar refractivity (Wildman–Crippen MR) is 252 cm³/mol. The van der Waals surface area contributed by atoms with Crippen molar-refractivity contribution in [2.45, 2.75) is 53.1 Å². The molecule has 2 nitrogen and oxygen atoms in total. The predicted octanol–water partition coefficient (Wildman–Crippen LogP) is 1.28. The van der Waals surface area contributed by atoms with E-state index in [9.17, 15) is 0 Å². The summed E-state index contributed by atoms with van der Waals surface area (Å²) in [6, 6.07) is 43.1. The largest absolute Gasteiger partial charge is 4.00 e. The fourth-order valence-corrected chi connectivity index (χ4v) is 9.26. The molecule has 0 spiro atoms. The van der Waals surface area contributed by atoms with Gasteiger partial charge in [-0.05, 0) is 65.7 Å². The molecule has 4 aliphatic rings. The van der Waals surface area contributed by atoms with E-state index in [1.165, 1.54) is 77.2 Å². The van der Waals surface area contributed by atoms with E-state index in [2.05, 4.69) is 216 Å². The van der Waals surface area contributed by atoms with Gasteiger partial charge in [-0.3, -0.25) is 0 Å². The SMILES string of the molecule is CC1=CC2=CC(C=[Si](C)C)OC2=C1.C[Si](C)=CC1=CC2=CCOC2=C1.Cc1cc2c(-c3ccccc3)cccc2[cH-]1.Cc1cc2c(-c3ccccc3)cccc2[cH-]1.[Cl-].[Cl-].[Cl-].[Cl-].[Zr+4].[Zr+4]. The van der Waals surface area contributed by atoms with Gasteiger partial charge in [-0.2, -0.15) is 12.1 Å². The van der Waals surface area contributed by atoms with Crippen LogP contribution in [-0.2, 0) is 61.9 Å². The zero-order valence-electron chi connectivity index (χ0n) is 36.8. The van der Waals surface area contributed by atoms with Crippen molar-refractivity contribution >= 4 is 49.7 Å². The van der Waals surface area contributed by atoms with Crippen LogP contribution in [0.2, 0.25) is 26.2 Å². The van der Waals surface area contributed by atoms with Crippen molar-refractivity contribution in [3.05, 3.63) is 203 Å². The van der Waals surface area contributed by atoms with E-state index < -0.39 is 0 Å². The minimum absolute atomic E-state index is 0. The molecule has 0 N–H and O–H groups in total. The molecule has 0 saturated heterocycles. The van der Waals surface area contributed by atoms with Crippen molar-refractivity contribution in [2.75, 3.05) is 6.61 Å². The molecule has 2 heterocycles. The first kappa shape index (κ1) is 58.3. The van der Waals surface area contributed by atoms with Gasteiger partial charge in [-0.15, -0.1) is 69.1 Å². The van der Waals surface area contributed by atoms with Gasteiger partial charge in [0.15, 0.2) is 0 Å². The van der Waals surface area contributed by atoms with E-state index in [4.69, 9.17) is 9.47 Å². The second-order valence-corrected chi connectivity index (χ2v) is 20.5. The molecule has 63 heavy (non-hydrogen) atoms. The molecule has 0 saturated carbocycles. The van der Waals surface area contributed by atoms with Gasteiger partial charge < -0.3 is 59.1 Å². The summed E-state index contributed by atoms with van der Waals surface area (Å²) >= 11 is 0. The summed E-state index contributed by atoms with van der Waals surface area (Å²) in [5.41, 5.74) is 17.7. The van der Waals surface area contributed by atoms with E-state index in [1.807, 2.05) is 0 Å². The summed E-state index contributed by atoms with van der Waals surface area (Å²) in [7, 11) is -0.572. The topological polar surface area (TPSA) is 18.5 Å². The maximum atomic E-state index is 5.75. The quantitative estimate of drug-likeness (QED) is 0.196. The molecular weight excluding hydrogens is 1050 g/mol. The van der Waals surface area contributed by atoms with Crippen LogP contribution in [0.15, 0.2) is 192 Å². The van der Waals surface area contributed by atoms with Gasteiger partial charge in [0.25, 0.3) is 0 Å². The molecule has 0 radical (unpaired) electrons. The second kappa shape index (κ2) is 27.7. The van der Waals surface area contributed by atoms with Crippen LogP contribution < -0.4 is 49.6 Å². The first-order valence-electron chi connectivity index (χ1n) is 19.9. The molecular formula is C53H52Cl4O2Si2Zr2+2. The number of rotatable bonds is 4. The molecule has 0 fully saturated rings. The number of aryl methyl sites for hydroxylation is 2. The monoisotopic (exact) mass is 1100 g/mol. The van der Waals surface area contributed by atoms with Crippen molar-refractivity contribution in [3.8, 4) is 22.3 Å². The maximum Gasteiger partial charge on any atom is 4.00 e. The third-order valence-corrected chi connectivity index (χ3v) is 11.9. The van der Waals surface area contributed by atoms with Gasteiger partial charge in [-0.25, -0.2) is 0 Å². The van der Waals surface area contributed by atoms with Gasteiger partial charge in [0.1, 0.15) is 24.2 Å². The van der Waals surface area contributed by atoms with Crippen LogP contribution >= 0.6 is 0 Å². The van der Waals surface area contributed by atoms with E-state index in [0.717, 1.165) is 18.1 Å². The summed E-state index contributed by atoms with van der Waals surface area (Å²) in [6.45, 7) is 16.3. The number of hydrogen-bond donors (Lipinski definition) is 0. The number of benzene rings is 4. The minimum Gasteiger partial charge on any atom is -1.00 e. The fourth-order valence-electron chi connectivity index (χ4n) is 7.61. The average molecular weight is 1100 g/mol. The number of fused-ring (bicyclic) bond motifs is 4. The van der Waals surface area contributed by atoms with Crippen LogP contribution in [0.4, 0.5) is 0 Å². The third kappa shape index (κ3) is 15.7. The Labute approximate surface area is 441 Å². The Kier molecular flexibility index (Phi) is 25.6. The fraction of sp³-hybridized carbons (Fsp3) is 0.170. The average Bonchev–Trinajstić information content (AvgIpc) is 4.04. The third-order valence-electron chi connectivity index (χ3n) is 9.99. The summed E-state index contributed by atoms with van der Waals surface area (Å²) < 4.78 is 11.1. The van der Waals surface area contributed by atoms with Crippen LogP contribution in [-0.4, -0.2) is 40.9 Å². The Morgan fingerprint density at radius 2 is 1.10 bits per heavy atom. The zero-order valence-corrected chi connectivity index (χ0v) is 46.7. The van der Waals surface area contributed by atoms with E-state index in [-0.39, 0.29) is 125 Å². The molecule has 10 rings (SSSR count). The molecule has 0 bridgehead atoms. The van der Waals surface area contributed by atoms with Crippen molar-refractivity contribution in [1.29, 1.82) is 0 Å².